The van der Waals surface area contributed by atoms with Gasteiger partial charge in [-0.3, -0.25) is 10.4 Å². The molecule has 0 spiro atoms. The van der Waals surface area contributed by atoms with Gasteiger partial charge in [0, 0.05) is 23.3 Å². The summed E-state index contributed by atoms with van der Waals surface area (Å²) in [6, 6.07) is 18.6. The van der Waals surface area contributed by atoms with Crippen molar-refractivity contribution in [3.05, 3.63) is 84.3 Å². The van der Waals surface area contributed by atoms with Crippen LogP contribution in [0.25, 0.3) is 0 Å². The summed E-state index contributed by atoms with van der Waals surface area (Å²) in [7, 11) is 0. The second kappa shape index (κ2) is 16.4. The summed E-state index contributed by atoms with van der Waals surface area (Å²) in [5.74, 6) is 1.51. The fraction of sp³-hybridized carbons (Fsp3) is 0.394. The Morgan fingerprint density at radius 2 is 1.29 bits per heavy atom. The van der Waals surface area contributed by atoms with Gasteiger partial charge in [0.25, 0.3) is 0 Å². The Bertz CT molecular complexity index is 1220. The second-order valence-electron chi connectivity index (χ2n) is 10.1. The van der Waals surface area contributed by atoms with Crippen LogP contribution in [-0.4, -0.2) is 30.1 Å². The third-order valence-corrected chi connectivity index (χ3v) is 6.63. The number of alkyl halides is 3. The van der Waals surface area contributed by atoms with E-state index in [9.17, 15) is 13.2 Å². The van der Waals surface area contributed by atoms with Crippen molar-refractivity contribution >= 4 is 22.8 Å². The summed E-state index contributed by atoms with van der Waals surface area (Å²) in [5, 5.41) is 8.19. The van der Waals surface area contributed by atoms with Gasteiger partial charge in [-0.15, -0.1) is 0 Å². The SMILES string of the molecule is CCCCCCOc1ccc(N(c2ccc(OCCCCCC)cc2)c2ccnc(C(=N)C=C(N)C(F)(F)F)c2)cc1. The third kappa shape index (κ3) is 10.1. The lowest BCUT2D eigenvalue weighted by Crippen LogP contribution is -2.21. The summed E-state index contributed by atoms with van der Waals surface area (Å²) in [6.07, 6.45) is 6.26. The van der Waals surface area contributed by atoms with Gasteiger partial charge in [0.15, 0.2) is 0 Å². The number of allylic oxidation sites excluding steroid dienone is 2. The summed E-state index contributed by atoms with van der Waals surface area (Å²) >= 11 is 0. The molecule has 1 heterocycles. The first-order valence-corrected chi connectivity index (χ1v) is 14.6. The maximum absolute atomic E-state index is 13.0. The number of hydrogen-bond acceptors (Lipinski definition) is 6. The van der Waals surface area contributed by atoms with Gasteiger partial charge in [-0.2, -0.15) is 13.2 Å². The molecule has 0 radical (unpaired) electrons. The smallest absolute Gasteiger partial charge is 0.430 e. The molecule has 3 aromatic rings. The second-order valence-corrected chi connectivity index (χ2v) is 10.1. The Morgan fingerprint density at radius 1 is 0.786 bits per heavy atom. The molecule has 0 aliphatic carbocycles. The molecule has 0 amide bonds. The maximum Gasteiger partial charge on any atom is 0.430 e. The van der Waals surface area contributed by atoms with E-state index in [4.69, 9.17) is 20.6 Å². The molecule has 2 aromatic carbocycles. The largest absolute Gasteiger partial charge is 0.494 e. The minimum Gasteiger partial charge on any atom is -0.494 e. The molecule has 3 rings (SSSR count). The zero-order valence-corrected chi connectivity index (χ0v) is 24.4. The molecular weight excluding hydrogens is 541 g/mol. The van der Waals surface area contributed by atoms with Crippen LogP contribution < -0.4 is 20.1 Å². The molecule has 3 N–H and O–H groups in total. The molecule has 0 unspecified atom stereocenters. The van der Waals surface area contributed by atoms with Crippen LogP contribution in [0.2, 0.25) is 0 Å². The van der Waals surface area contributed by atoms with Crippen molar-refractivity contribution in [2.45, 2.75) is 71.4 Å². The fourth-order valence-corrected chi connectivity index (χ4v) is 4.28. The molecular formula is C33H41F3N4O2. The zero-order chi connectivity index (χ0) is 30.4. The summed E-state index contributed by atoms with van der Waals surface area (Å²) in [6.45, 7) is 5.63. The van der Waals surface area contributed by atoms with Crippen LogP contribution in [0.4, 0.5) is 30.2 Å². The van der Waals surface area contributed by atoms with Crippen molar-refractivity contribution in [2.75, 3.05) is 18.1 Å². The number of hydrogen-bond donors (Lipinski definition) is 2. The quantitative estimate of drug-likeness (QED) is 0.122. The molecule has 0 atom stereocenters. The van der Waals surface area contributed by atoms with Crippen molar-refractivity contribution < 1.29 is 22.6 Å². The van der Waals surface area contributed by atoms with Gasteiger partial charge in [-0.25, -0.2) is 0 Å². The average Bonchev–Trinajstić information content (AvgIpc) is 2.98. The number of rotatable bonds is 17. The van der Waals surface area contributed by atoms with E-state index in [1.54, 1.807) is 12.1 Å². The van der Waals surface area contributed by atoms with Crippen LogP contribution in [0.15, 0.2) is 78.6 Å². The number of nitrogens with two attached hydrogens (primary N) is 1. The number of benzene rings is 2. The zero-order valence-electron chi connectivity index (χ0n) is 24.4. The highest BCUT2D eigenvalue weighted by Gasteiger charge is 2.31. The first-order valence-electron chi connectivity index (χ1n) is 14.6. The van der Waals surface area contributed by atoms with E-state index in [-0.39, 0.29) is 5.69 Å². The van der Waals surface area contributed by atoms with Gasteiger partial charge in [-0.1, -0.05) is 52.4 Å². The van der Waals surface area contributed by atoms with E-state index in [0.29, 0.717) is 25.0 Å². The van der Waals surface area contributed by atoms with Gasteiger partial charge in [-0.05, 0) is 79.6 Å². The van der Waals surface area contributed by atoms with Crippen molar-refractivity contribution in [3.8, 4) is 11.5 Å². The Balaban J connectivity index is 1.87. The number of nitrogens with zero attached hydrogens (tertiary/aromatic N) is 2. The predicted molar refractivity (Wildman–Crippen MR) is 163 cm³/mol. The first kappa shape index (κ1) is 32.5. The number of ether oxygens (including phenoxy) is 2. The van der Waals surface area contributed by atoms with Crippen molar-refractivity contribution in [3.63, 3.8) is 0 Å². The maximum atomic E-state index is 13.0. The Morgan fingerprint density at radius 3 is 1.74 bits per heavy atom. The molecule has 0 aliphatic rings. The van der Waals surface area contributed by atoms with E-state index in [2.05, 4.69) is 18.8 Å². The van der Waals surface area contributed by atoms with Crippen molar-refractivity contribution in [1.82, 2.24) is 4.98 Å². The molecule has 0 saturated carbocycles. The number of aromatic nitrogens is 1. The number of anilines is 3. The Kier molecular flexibility index (Phi) is 12.7. The molecule has 9 heteroatoms. The predicted octanol–water partition coefficient (Wildman–Crippen LogP) is 9.24. The minimum atomic E-state index is -4.73. The monoisotopic (exact) mass is 582 g/mol. The van der Waals surface area contributed by atoms with Gasteiger partial charge < -0.3 is 20.1 Å². The molecule has 0 saturated heterocycles. The lowest BCUT2D eigenvalue weighted by molar-refractivity contribution is -0.0925. The van der Waals surface area contributed by atoms with Crippen LogP contribution in [0.3, 0.4) is 0 Å². The summed E-state index contributed by atoms with van der Waals surface area (Å²) < 4.78 is 50.7. The highest BCUT2D eigenvalue weighted by Crippen LogP contribution is 2.36. The standard InChI is InChI=1S/C33H41F3N4O2/c1-3-5-7-9-21-41-28-15-11-25(12-16-28)40(26-13-17-29(18-14-26)42-22-10-8-6-4-2)27-19-20-39-31(23-27)30(37)24-32(38)33(34,35)36/h11-20,23-24,37H,3-10,21-22,38H2,1-2H3. The number of pyridine rings is 1. The molecule has 1 aromatic heterocycles. The van der Waals surface area contributed by atoms with E-state index in [0.717, 1.165) is 48.6 Å². The lowest BCUT2D eigenvalue weighted by Gasteiger charge is -2.26. The third-order valence-electron chi connectivity index (χ3n) is 6.63. The number of nitrogens with one attached hydrogen (secondary N) is 1. The Labute approximate surface area is 246 Å². The minimum absolute atomic E-state index is 0.0590. The van der Waals surface area contributed by atoms with E-state index in [1.807, 2.05) is 53.4 Å². The molecule has 0 fully saturated rings. The van der Waals surface area contributed by atoms with E-state index >= 15 is 0 Å². The van der Waals surface area contributed by atoms with Crippen molar-refractivity contribution in [2.24, 2.45) is 5.73 Å². The summed E-state index contributed by atoms with van der Waals surface area (Å²) in [4.78, 5) is 6.06. The molecule has 226 valence electrons. The normalized spacial score (nSPS) is 11.8. The molecule has 0 bridgehead atoms. The number of unbranched alkanes of at least 4 members (excludes halogenated alkanes) is 6. The molecule has 0 aliphatic heterocycles. The van der Waals surface area contributed by atoms with Crippen LogP contribution in [0.1, 0.15) is 70.9 Å². The van der Waals surface area contributed by atoms with E-state index in [1.165, 1.54) is 31.9 Å². The van der Waals surface area contributed by atoms with Crippen LogP contribution in [0, 0.1) is 5.41 Å². The average molecular weight is 583 g/mol. The molecule has 6 nitrogen and oxygen atoms in total. The van der Waals surface area contributed by atoms with Crippen molar-refractivity contribution in [1.29, 1.82) is 5.41 Å². The van der Waals surface area contributed by atoms with Crippen LogP contribution >= 0.6 is 0 Å². The lowest BCUT2D eigenvalue weighted by atomic mass is 10.1. The van der Waals surface area contributed by atoms with Gasteiger partial charge in [0.1, 0.15) is 17.2 Å². The Hall–Kier alpha value is -4.01. The van der Waals surface area contributed by atoms with Gasteiger partial charge in [0.2, 0.25) is 0 Å². The van der Waals surface area contributed by atoms with Gasteiger partial charge >= 0.3 is 6.18 Å². The van der Waals surface area contributed by atoms with Gasteiger partial charge in [0.05, 0.1) is 24.6 Å². The highest BCUT2D eigenvalue weighted by molar-refractivity contribution is 6.06. The topological polar surface area (TPSA) is 84.5 Å². The van der Waals surface area contributed by atoms with E-state index < -0.39 is 17.6 Å². The van der Waals surface area contributed by atoms with Crippen LogP contribution in [-0.2, 0) is 0 Å². The van der Waals surface area contributed by atoms with Crippen LogP contribution in [0.5, 0.6) is 11.5 Å². The summed E-state index contributed by atoms with van der Waals surface area (Å²) in [5.41, 5.74) is 5.63. The molecule has 42 heavy (non-hydrogen) atoms. The number of halogens is 3. The first-order chi connectivity index (χ1) is 20.2. The highest BCUT2D eigenvalue weighted by atomic mass is 19.4. The fourth-order valence-electron chi connectivity index (χ4n) is 4.28.